The molecule has 4 nitrogen and oxygen atoms in total. The van der Waals surface area contributed by atoms with Gasteiger partial charge in [0.15, 0.2) is 0 Å². The molecule has 3 aliphatic rings. The Hall–Kier alpha value is -1.55. The Morgan fingerprint density at radius 2 is 2.04 bits per heavy atom. The van der Waals surface area contributed by atoms with E-state index in [-0.39, 0.29) is 5.91 Å². The molecular formula is C20H28N2O2. The summed E-state index contributed by atoms with van der Waals surface area (Å²) in [6.45, 7) is 6.02. The first-order valence-electron chi connectivity index (χ1n) is 9.48. The van der Waals surface area contributed by atoms with E-state index in [1.54, 1.807) is 0 Å². The van der Waals surface area contributed by atoms with Gasteiger partial charge in [-0.1, -0.05) is 6.07 Å². The second-order valence-electron chi connectivity index (χ2n) is 7.68. The van der Waals surface area contributed by atoms with E-state index in [1.165, 1.54) is 44.3 Å². The van der Waals surface area contributed by atoms with Crippen LogP contribution in [0.25, 0.3) is 0 Å². The molecule has 24 heavy (non-hydrogen) atoms. The quantitative estimate of drug-likeness (QED) is 0.923. The van der Waals surface area contributed by atoms with Gasteiger partial charge in [0.2, 0.25) is 0 Å². The number of rotatable bonds is 4. The fraction of sp³-hybridized carbons (Fsp3) is 0.650. The van der Waals surface area contributed by atoms with Gasteiger partial charge in [-0.15, -0.1) is 0 Å². The summed E-state index contributed by atoms with van der Waals surface area (Å²) < 4.78 is 5.81. The largest absolute Gasteiger partial charge is 0.492 e. The molecule has 1 N–H and O–H groups in total. The molecule has 0 aromatic heterocycles. The molecule has 3 aliphatic heterocycles. The van der Waals surface area contributed by atoms with Gasteiger partial charge in [0.05, 0.1) is 12.2 Å². The summed E-state index contributed by atoms with van der Waals surface area (Å²) in [5.41, 5.74) is 3.41. The van der Waals surface area contributed by atoms with Crippen LogP contribution < -0.4 is 10.1 Å². The highest BCUT2D eigenvalue weighted by Crippen LogP contribution is 2.41. The lowest BCUT2D eigenvalue weighted by Gasteiger charge is -2.32. The number of carbonyl (C=O) groups is 1. The van der Waals surface area contributed by atoms with Gasteiger partial charge in [0.25, 0.3) is 5.91 Å². The van der Waals surface area contributed by atoms with Crippen molar-refractivity contribution in [1.29, 1.82) is 0 Å². The van der Waals surface area contributed by atoms with Crippen molar-refractivity contribution in [3.63, 3.8) is 0 Å². The lowest BCUT2D eigenvalue weighted by molar-refractivity contribution is 0.0937. The second-order valence-corrected chi connectivity index (χ2v) is 7.68. The molecule has 4 rings (SSSR count). The highest BCUT2D eigenvalue weighted by molar-refractivity contribution is 5.97. The number of fused-ring (bicyclic) bond motifs is 2. The Labute approximate surface area is 144 Å². The van der Waals surface area contributed by atoms with Crippen molar-refractivity contribution in [3.05, 3.63) is 28.8 Å². The first-order chi connectivity index (χ1) is 11.7. The van der Waals surface area contributed by atoms with Crippen molar-refractivity contribution >= 4 is 5.91 Å². The molecule has 0 aliphatic carbocycles. The van der Waals surface area contributed by atoms with Gasteiger partial charge >= 0.3 is 0 Å². The third-order valence-electron chi connectivity index (χ3n) is 6.08. The van der Waals surface area contributed by atoms with Crippen LogP contribution in [0.5, 0.6) is 5.75 Å². The molecule has 130 valence electrons. The Bertz CT molecular complexity index is 631. The van der Waals surface area contributed by atoms with E-state index in [0.717, 1.165) is 42.7 Å². The second kappa shape index (κ2) is 6.40. The number of nitrogens with zero attached hydrogens (tertiary/aromatic N) is 1. The number of carbonyl (C=O) groups excluding carboxylic acids is 1. The van der Waals surface area contributed by atoms with Gasteiger partial charge in [-0.3, -0.25) is 9.69 Å². The molecule has 1 aromatic carbocycles. The van der Waals surface area contributed by atoms with Gasteiger partial charge in [0, 0.05) is 12.1 Å². The molecule has 4 heteroatoms. The predicted molar refractivity (Wildman–Crippen MR) is 94.7 cm³/mol. The van der Waals surface area contributed by atoms with E-state index < -0.39 is 0 Å². The van der Waals surface area contributed by atoms with Crippen LogP contribution in [0.3, 0.4) is 0 Å². The first kappa shape index (κ1) is 15.9. The van der Waals surface area contributed by atoms with Gasteiger partial charge in [-0.05, 0) is 82.2 Å². The number of amides is 1. The summed E-state index contributed by atoms with van der Waals surface area (Å²) in [5.74, 6) is 0.835. The van der Waals surface area contributed by atoms with Crippen LogP contribution in [-0.4, -0.2) is 42.6 Å². The minimum atomic E-state index is 0.0239. The molecule has 0 atom stereocenters. The van der Waals surface area contributed by atoms with Crippen LogP contribution in [0.1, 0.15) is 60.0 Å². The molecule has 1 amide bonds. The van der Waals surface area contributed by atoms with Crippen LogP contribution in [0.2, 0.25) is 0 Å². The molecule has 0 saturated carbocycles. The molecule has 2 saturated heterocycles. The van der Waals surface area contributed by atoms with E-state index in [4.69, 9.17) is 4.74 Å². The normalized spacial score (nSPS) is 21.9. The zero-order chi connectivity index (χ0) is 16.6. The van der Waals surface area contributed by atoms with E-state index >= 15 is 0 Å². The maximum atomic E-state index is 12.7. The van der Waals surface area contributed by atoms with Gasteiger partial charge in [0.1, 0.15) is 5.75 Å². The Morgan fingerprint density at radius 3 is 2.83 bits per heavy atom. The molecule has 2 fully saturated rings. The maximum Gasteiger partial charge on any atom is 0.255 e. The number of aryl methyl sites for hydroxylation is 2. The summed E-state index contributed by atoms with van der Waals surface area (Å²) in [7, 11) is 0. The summed E-state index contributed by atoms with van der Waals surface area (Å²) in [6.07, 6.45) is 8.34. The Balaban J connectivity index is 1.43. The monoisotopic (exact) mass is 328 g/mol. The highest BCUT2D eigenvalue weighted by Gasteiger charge is 2.43. The van der Waals surface area contributed by atoms with Gasteiger partial charge in [-0.2, -0.15) is 0 Å². The van der Waals surface area contributed by atoms with Crippen molar-refractivity contribution in [2.45, 2.75) is 57.4 Å². The zero-order valence-corrected chi connectivity index (χ0v) is 14.7. The minimum Gasteiger partial charge on any atom is -0.492 e. The summed E-state index contributed by atoms with van der Waals surface area (Å²) in [6, 6.07) is 4.12. The fourth-order valence-corrected chi connectivity index (χ4v) is 4.95. The lowest BCUT2D eigenvalue weighted by atomic mass is 9.90. The van der Waals surface area contributed by atoms with E-state index in [1.807, 2.05) is 6.07 Å². The van der Waals surface area contributed by atoms with Crippen molar-refractivity contribution in [2.24, 2.45) is 0 Å². The zero-order valence-electron chi connectivity index (χ0n) is 14.7. The number of ether oxygens (including phenoxy) is 1. The molecule has 0 bridgehead atoms. The predicted octanol–water partition coefficient (Wildman–Crippen LogP) is 3.07. The molecular weight excluding hydrogens is 300 g/mol. The summed E-state index contributed by atoms with van der Waals surface area (Å²) in [5, 5.41) is 3.17. The third-order valence-corrected chi connectivity index (χ3v) is 6.08. The van der Waals surface area contributed by atoms with E-state index in [0.29, 0.717) is 12.1 Å². The van der Waals surface area contributed by atoms with Crippen LogP contribution in [0, 0.1) is 6.92 Å². The number of nitrogens with one attached hydrogen (secondary N) is 1. The molecule has 0 radical (unpaired) electrons. The Kier molecular flexibility index (Phi) is 4.25. The van der Waals surface area contributed by atoms with Crippen LogP contribution >= 0.6 is 0 Å². The summed E-state index contributed by atoms with van der Waals surface area (Å²) >= 11 is 0. The summed E-state index contributed by atoms with van der Waals surface area (Å²) in [4.78, 5) is 15.4. The van der Waals surface area contributed by atoms with E-state index in [2.05, 4.69) is 23.2 Å². The first-order valence-corrected chi connectivity index (χ1v) is 9.48. The molecule has 3 heterocycles. The van der Waals surface area contributed by atoms with Crippen molar-refractivity contribution in [2.75, 3.05) is 26.2 Å². The molecule has 1 aromatic rings. The molecule has 0 unspecified atom stereocenters. The van der Waals surface area contributed by atoms with Crippen molar-refractivity contribution in [3.8, 4) is 5.75 Å². The SMILES string of the molecule is Cc1cc2c(c(C(=O)NCCC34CCCN3CCC4)c1)OCCC2. The maximum absolute atomic E-state index is 12.7. The number of hydrogen-bond donors (Lipinski definition) is 1. The standard InChI is InChI=1S/C20H28N2O2/c1-15-13-16-5-2-12-24-18(16)17(14-15)19(23)21-9-8-20-6-3-10-22(20)11-4-7-20/h13-14H,2-12H2,1H3,(H,21,23). The minimum absolute atomic E-state index is 0.0239. The van der Waals surface area contributed by atoms with E-state index in [9.17, 15) is 4.79 Å². The smallest absolute Gasteiger partial charge is 0.255 e. The average Bonchev–Trinajstić information content (AvgIpc) is 3.13. The van der Waals surface area contributed by atoms with Crippen molar-refractivity contribution in [1.82, 2.24) is 10.2 Å². The number of benzene rings is 1. The van der Waals surface area contributed by atoms with Crippen LogP contribution in [0.15, 0.2) is 12.1 Å². The van der Waals surface area contributed by atoms with Gasteiger partial charge < -0.3 is 10.1 Å². The lowest BCUT2D eigenvalue weighted by Crippen LogP contribution is -2.41. The topological polar surface area (TPSA) is 41.6 Å². The van der Waals surface area contributed by atoms with Crippen LogP contribution in [0.4, 0.5) is 0 Å². The number of hydrogen-bond acceptors (Lipinski definition) is 3. The fourth-order valence-electron chi connectivity index (χ4n) is 4.95. The average molecular weight is 328 g/mol. The third kappa shape index (κ3) is 2.81. The molecule has 0 spiro atoms. The van der Waals surface area contributed by atoms with Crippen LogP contribution in [-0.2, 0) is 6.42 Å². The van der Waals surface area contributed by atoms with Crippen molar-refractivity contribution < 1.29 is 9.53 Å². The van der Waals surface area contributed by atoms with Gasteiger partial charge in [-0.25, -0.2) is 0 Å². The Morgan fingerprint density at radius 1 is 1.25 bits per heavy atom. The highest BCUT2D eigenvalue weighted by atomic mass is 16.5.